The molecule has 3 rings (SSSR count). The zero-order valence-corrected chi connectivity index (χ0v) is 18.2. The molecule has 0 saturated carbocycles. The summed E-state index contributed by atoms with van der Waals surface area (Å²) in [5, 5.41) is 7.62. The Morgan fingerprint density at radius 3 is 2.77 bits per heavy atom. The smallest absolute Gasteiger partial charge is 0.163 e. The normalized spacial score (nSPS) is 14.1. The summed E-state index contributed by atoms with van der Waals surface area (Å²) < 4.78 is 0. The second kappa shape index (κ2) is 10.8. The van der Waals surface area contributed by atoms with Crippen LogP contribution in [0.5, 0.6) is 0 Å². The van der Waals surface area contributed by atoms with Crippen LogP contribution in [-0.2, 0) is 0 Å². The number of benzene rings is 1. The number of hydrogen-bond acceptors (Lipinski definition) is 5. The van der Waals surface area contributed by atoms with Gasteiger partial charge in [0, 0.05) is 36.8 Å². The third kappa shape index (κ3) is 5.84. The van der Waals surface area contributed by atoms with Gasteiger partial charge in [-0.2, -0.15) is 0 Å². The van der Waals surface area contributed by atoms with Gasteiger partial charge in [-0.25, -0.2) is 9.97 Å². The van der Waals surface area contributed by atoms with Gasteiger partial charge in [0.15, 0.2) is 5.82 Å². The molecular weight excluding hydrogens is 419 g/mol. The second-order valence-corrected chi connectivity index (χ2v) is 7.39. The van der Waals surface area contributed by atoms with Crippen molar-refractivity contribution >= 4 is 40.4 Å². The van der Waals surface area contributed by atoms with Gasteiger partial charge in [0.05, 0.1) is 10.7 Å². The number of allylic oxidation sites excluding steroid dienone is 4. The van der Waals surface area contributed by atoms with E-state index in [1.807, 2.05) is 12.1 Å². The van der Waals surface area contributed by atoms with Gasteiger partial charge >= 0.3 is 0 Å². The van der Waals surface area contributed by atoms with Crippen LogP contribution >= 0.6 is 23.2 Å². The number of amidine groups is 1. The molecule has 0 amide bonds. The third-order valence-electron chi connectivity index (χ3n) is 4.42. The van der Waals surface area contributed by atoms with Crippen LogP contribution in [0.4, 0.5) is 5.82 Å². The summed E-state index contributed by atoms with van der Waals surface area (Å²) in [6.07, 6.45) is 11.6. The van der Waals surface area contributed by atoms with E-state index in [1.54, 1.807) is 25.3 Å². The SMILES string of the molecule is CN=C(C=CN)NCCNc1cc(C2=CCCC=C2)nc(-c2ccc(Cl)cc2Cl)n1. The quantitative estimate of drug-likeness (QED) is 0.328. The van der Waals surface area contributed by atoms with E-state index < -0.39 is 0 Å². The maximum atomic E-state index is 6.41. The first-order valence-electron chi connectivity index (χ1n) is 9.65. The Morgan fingerprint density at radius 1 is 1.20 bits per heavy atom. The fraction of sp³-hybridized carbons (Fsp3) is 0.227. The molecule has 0 aliphatic heterocycles. The summed E-state index contributed by atoms with van der Waals surface area (Å²) in [5.74, 6) is 1.98. The lowest BCUT2D eigenvalue weighted by atomic mass is 10.0. The molecule has 0 spiro atoms. The van der Waals surface area contributed by atoms with Crippen LogP contribution in [0, 0.1) is 0 Å². The van der Waals surface area contributed by atoms with Crippen molar-refractivity contribution in [3.63, 3.8) is 0 Å². The number of anilines is 1. The van der Waals surface area contributed by atoms with Gasteiger partial charge in [0.2, 0.25) is 0 Å². The van der Waals surface area contributed by atoms with Crippen LogP contribution in [0.2, 0.25) is 10.0 Å². The van der Waals surface area contributed by atoms with Crippen molar-refractivity contribution < 1.29 is 0 Å². The van der Waals surface area contributed by atoms with Crippen molar-refractivity contribution in [2.75, 3.05) is 25.5 Å². The van der Waals surface area contributed by atoms with E-state index in [1.165, 1.54) is 6.20 Å². The number of nitrogens with one attached hydrogen (secondary N) is 2. The minimum atomic E-state index is 0.512. The average Bonchev–Trinajstić information content (AvgIpc) is 2.76. The molecule has 1 aliphatic carbocycles. The van der Waals surface area contributed by atoms with Crippen LogP contribution in [0.25, 0.3) is 17.0 Å². The molecule has 6 nitrogen and oxygen atoms in total. The Hall–Kier alpha value is -2.83. The standard InChI is InChI=1S/C22H24Cl2N6/c1-26-20(9-10-25)27-11-12-28-21-14-19(15-5-3-2-4-6-15)29-22(30-21)17-8-7-16(23)13-18(17)24/h3,5-10,13-14H,2,4,11-12,25H2,1H3,(H,26,27)(H,28,29,30). The molecule has 30 heavy (non-hydrogen) atoms. The van der Waals surface area contributed by atoms with E-state index in [0.717, 1.165) is 29.7 Å². The number of hydrogen-bond donors (Lipinski definition) is 3. The molecule has 2 aromatic rings. The van der Waals surface area contributed by atoms with Crippen molar-refractivity contribution in [2.24, 2.45) is 10.7 Å². The summed E-state index contributed by atoms with van der Waals surface area (Å²) in [5.41, 5.74) is 8.07. The topological polar surface area (TPSA) is 88.2 Å². The molecule has 1 aromatic carbocycles. The van der Waals surface area contributed by atoms with Crippen molar-refractivity contribution in [2.45, 2.75) is 12.8 Å². The summed E-state index contributed by atoms with van der Waals surface area (Å²) in [4.78, 5) is 13.5. The zero-order valence-electron chi connectivity index (χ0n) is 16.7. The zero-order chi connectivity index (χ0) is 21.3. The van der Waals surface area contributed by atoms with E-state index >= 15 is 0 Å². The van der Waals surface area contributed by atoms with Crippen LogP contribution < -0.4 is 16.4 Å². The number of nitrogens with two attached hydrogens (primary N) is 1. The predicted molar refractivity (Wildman–Crippen MR) is 127 cm³/mol. The molecule has 1 aromatic heterocycles. The summed E-state index contributed by atoms with van der Waals surface area (Å²) >= 11 is 12.5. The van der Waals surface area contributed by atoms with Gasteiger partial charge in [-0.1, -0.05) is 41.4 Å². The van der Waals surface area contributed by atoms with Crippen molar-refractivity contribution in [1.82, 2.24) is 15.3 Å². The van der Waals surface area contributed by atoms with Gasteiger partial charge < -0.3 is 16.4 Å². The highest BCUT2D eigenvalue weighted by Crippen LogP contribution is 2.30. The Bertz CT molecular complexity index is 1010. The average molecular weight is 443 g/mol. The molecule has 0 radical (unpaired) electrons. The fourth-order valence-electron chi connectivity index (χ4n) is 2.97. The van der Waals surface area contributed by atoms with Gasteiger partial charge in [-0.05, 0) is 48.9 Å². The van der Waals surface area contributed by atoms with Gasteiger partial charge in [0.25, 0.3) is 0 Å². The van der Waals surface area contributed by atoms with Crippen LogP contribution in [-0.4, -0.2) is 35.9 Å². The minimum Gasteiger partial charge on any atom is -0.404 e. The maximum absolute atomic E-state index is 6.41. The second-order valence-electron chi connectivity index (χ2n) is 6.55. The highest BCUT2D eigenvalue weighted by molar-refractivity contribution is 6.36. The summed E-state index contributed by atoms with van der Waals surface area (Å²) in [7, 11) is 1.71. The number of aliphatic imine (C=N–C) groups is 1. The van der Waals surface area contributed by atoms with Gasteiger partial charge in [0.1, 0.15) is 11.7 Å². The molecule has 0 saturated heterocycles. The first-order chi connectivity index (χ1) is 14.6. The number of nitrogens with zero attached hydrogens (tertiary/aromatic N) is 3. The predicted octanol–water partition coefficient (Wildman–Crippen LogP) is 4.69. The largest absolute Gasteiger partial charge is 0.404 e. The summed E-state index contributed by atoms with van der Waals surface area (Å²) in [6.45, 7) is 1.28. The Labute approximate surface area is 186 Å². The molecule has 0 bridgehead atoms. The molecule has 156 valence electrons. The van der Waals surface area contributed by atoms with Crippen molar-refractivity contribution in [3.8, 4) is 11.4 Å². The summed E-state index contributed by atoms with van der Waals surface area (Å²) in [6, 6.07) is 7.26. The minimum absolute atomic E-state index is 0.512. The van der Waals surface area contributed by atoms with E-state index in [-0.39, 0.29) is 0 Å². The number of aromatic nitrogens is 2. The van der Waals surface area contributed by atoms with Crippen molar-refractivity contribution in [1.29, 1.82) is 0 Å². The lowest BCUT2D eigenvalue weighted by molar-refractivity contribution is 0.900. The van der Waals surface area contributed by atoms with E-state index in [4.69, 9.17) is 33.9 Å². The van der Waals surface area contributed by atoms with E-state index in [9.17, 15) is 0 Å². The number of rotatable bonds is 7. The molecule has 0 fully saturated rings. The van der Waals surface area contributed by atoms with E-state index in [0.29, 0.717) is 40.6 Å². The van der Waals surface area contributed by atoms with Gasteiger partial charge in [-0.3, -0.25) is 4.99 Å². The van der Waals surface area contributed by atoms with Gasteiger partial charge in [-0.15, -0.1) is 0 Å². The lowest BCUT2D eigenvalue weighted by Gasteiger charge is -2.13. The Kier molecular flexibility index (Phi) is 7.88. The van der Waals surface area contributed by atoms with Crippen LogP contribution in [0.3, 0.4) is 0 Å². The molecule has 0 atom stereocenters. The highest BCUT2D eigenvalue weighted by Gasteiger charge is 2.13. The number of halogens is 2. The first kappa shape index (κ1) is 21.9. The molecule has 1 aliphatic rings. The maximum Gasteiger partial charge on any atom is 0.163 e. The van der Waals surface area contributed by atoms with Crippen molar-refractivity contribution in [3.05, 3.63) is 70.5 Å². The van der Waals surface area contributed by atoms with Crippen LogP contribution in [0.15, 0.2) is 59.8 Å². The molecule has 4 N–H and O–H groups in total. The van der Waals surface area contributed by atoms with Crippen LogP contribution in [0.1, 0.15) is 18.5 Å². The molecule has 0 unspecified atom stereocenters. The third-order valence-corrected chi connectivity index (χ3v) is 4.97. The molecular formula is C22H24Cl2N6. The first-order valence-corrected chi connectivity index (χ1v) is 10.4. The molecule has 8 heteroatoms. The fourth-order valence-corrected chi connectivity index (χ4v) is 3.46. The molecule has 1 heterocycles. The highest BCUT2D eigenvalue weighted by atomic mass is 35.5. The lowest BCUT2D eigenvalue weighted by Crippen LogP contribution is -2.27. The van der Waals surface area contributed by atoms with E-state index in [2.05, 4.69) is 38.8 Å². The Morgan fingerprint density at radius 2 is 2.07 bits per heavy atom. The Balaban J connectivity index is 1.84. The monoisotopic (exact) mass is 442 g/mol.